The first-order chi connectivity index (χ1) is 15.1. The van der Waals surface area contributed by atoms with Gasteiger partial charge in [-0.3, -0.25) is 0 Å². The molecule has 0 aliphatic carbocycles. The topological polar surface area (TPSA) is 231 Å². The number of hydrogen-bond donors (Lipinski definition) is 9. The summed E-state index contributed by atoms with van der Waals surface area (Å²) in [7, 11) is -10.1. The minimum absolute atomic E-state index is 0.284. The molecular formula is C20H39NO11P2. The molecule has 0 spiro atoms. The summed E-state index contributed by atoms with van der Waals surface area (Å²) in [4.78, 5) is 31.0. The Hall–Kier alpha value is -0.720. The van der Waals surface area contributed by atoms with E-state index < -0.39 is 47.0 Å². The molecule has 12 nitrogen and oxygen atoms in total. The largest absolute Gasteiger partial charge is 0.478 e. The molecule has 0 saturated carbocycles. The van der Waals surface area contributed by atoms with Crippen molar-refractivity contribution in [1.82, 2.24) is 0 Å². The average molecular weight is 531 g/mol. The maximum absolute atomic E-state index is 11.2. The van der Waals surface area contributed by atoms with Crippen LogP contribution in [0.25, 0.3) is 0 Å². The molecule has 0 aromatic heterocycles. The van der Waals surface area contributed by atoms with Crippen LogP contribution in [0.5, 0.6) is 0 Å². The lowest BCUT2D eigenvalue weighted by Gasteiger charge is -2.39. The highest BCUT2D eigenvalue weighted by atomic mass is 31.3. The quantitative estimate of drug-likeness (QED) is 0.213. The van der Waals surface area contributed by atoms with Gasteiger partial charge in [-0.05, 0) is 33.1 Å². The lowest BCUT2D eigenvalue weighted by atomic mass is 9.69. The van der Waals surface area contributed by atoms with Gasteiger partial charge >= 0.3 is 15.6 Å². The molecule has 1 unspecified atom stereocenters. The zero-order chi connectivity index (χ0) is 27.3. The maximum atomic E-state index is 11.2. The first-order valence-electron chi connectivity index (χ1n) is 10.3. The highest BCUT2D eigenvalue weighted by Crippen LogP contribution is 2.53. The van der Waals surface area contributed by atoms with Gasteiger partial charge in [0.2, 0.25) is 0 Å². The van der Waals surface area contributed by atoms with Crippen LogP contribution < -0.4 is 5.73 Å². The van der Waals surface area contributed by atoms with Gasteiger partial charge in [-0.25, -0.2) is 9.13 Å². The number of benzene rings is 1. The van der Waals surface area contributed by atoms with E-state index in [0.29, 0.717) is 12.1 Å². The van der Waals surface area contributed by atoms with Crippen LogP contribution in [0.15, 0.2) is 12.1 Å². The van der Waals surface area contributed by atoms with E-state index in [0.717, 1.165) is 16.7 Å². The third kappa shape index (κ3) is 9.73. The summed E-state index contributed by atoms with van der Waals surface area (Å²) >= 11 is 0. The average Bonchev–Trinajstić information content (AvgIpc) is 2.64. The van der Waals surface area contributed by atoms with Crippen LogP contribution in [0.3, 0.4) is 0 Å². The standard InChI is InChI=1S/C20H35NO4.H4O7P2/c1-18(2,3)14-7-13(9-21)8-15(19(4,5)6)16(14)17(25)20(10-22,11-23)12-24;1-8(2,3)7-9(4,5)6/h7-8,17,22-25H,9-12,21H2,1-6H3;(H2,1,2,3)(H2,4,5,6). The second kappa shape index (κ2) is 12.0. The first-order valence-corrected chi connectivity index (χ1v) is 13.4. The maximum Gasteiger partial charge on any atom is 0.478 e. The van der Waals surface area contributed by atoms with E-state index in [2.05, 4.69) is 4.31 Å². The van der Waals surface area contributed by atoms with Gasteiger partial charge in [-0.15, -0.1) is 0 Å². The molecule has 10 N–H and O–H groups in total. The van der Waals surface area contributed by atoms with E-state index in [1.807, 2.05) is 53.7 Å². The molecule has 0 aliphatic rings. The Kier molecular flexibility index (Phi) is 11.8. The minimum atomic E-state index is -5.05. The smallest absolute Gasteiger partial charge is 0.395 e. The molecule has 0 aliphatic heterocycles. The number of phosphoric acid groups is 2. The van der Waals surface area contributed by atoms with Crippen LogP contribution in [-0.2, 0) is 30.8 Å². The SMILES string of the molecule is CC(C)(C)c1cc(CN)cc(C(C)(C)C)c1C(O)C(CO)(CO)CO.O=P(O)(O)OP(=O)(O)O. The fraction of sp³-hybridized carbons (Fsp3) is 0.700. The molecule has 1 rings (SSSR count). The first kappa shape index (κ1) is 33.3. The Bertz CT molecular complexity index is 829. The Labute approximate surface area is 199 Å². The number of rotatable bonds is 8. The number of hydrogen-bond acceptors (Lipinski definition) is 8. The predicted octanol–water partition coefficient (Wildman–Crippen LogP) is 0.925. The zero-order valence-corrected chi connectivity index (χ0v) is 22.1. The summed E-state index contributed by atoms with van der Waals surface area (Å²) in [5, 5.41) is 40.6. The van der Waals surface area contributed by atoms with Crippen molar-refractivity contribution in [2.24, 2.45) is 11.1 Å². The van der Waals surface area contributed by atoms with Crippen molar-refractivity contribution < 1.29 is 53.4 Å². The van der Waals surface area contributed by atoms with Crippen molar-refractivity contribution in [3.05, 3.63) is 34.4 Å². The number of aliphatic hydroxyl groups is 4. The van der Waals surface area contributed by atoms with Gasteiger partial charge in [0, 0.05) is 6.54 Å². The van der Waals surface area contributed by atoms with Crippen LogP contribution in [0.1, 0.15) is 69.9 Å². The number of aliphatic hydroxyl groups excluding tert-OH is 4. The highest BCUT2D eigenvalue weighted by molar-refractivity contribution is 7.60. The molecule has 0 radical (unpaired) electrons. The van der Waals surface area contributed by atoms with Crippen LogP contribution >= 0.6 is 15.6 Å². The second-order valence-corrected chi connectivity index (χ2v) is 12.7. The van der Waals surface area contributed by atoms with Crippen LogP contribution in [-0.4, -0.2) is 59.8 Å². The fourth-order valence-electron chi connectivity index (χ4n) is 3.22. The van der Waals surface area contributed by atoms with E-state index in [1.165, 1.54) is 0 Å². The van der Waals surface area contributed by atoms with Crippen molar-refractivity contribution in [1.29, 1.82) is 0 Å². The Morgan fingerprint density at radius 3 is 1.32 bits per heavy atom. The predicted molar refractivity (Wildman–Crippen MR) is 126 cm³/mol. The molecule has 0 heterocycles. The molecule has 0 saturated heterocycles. The van der Waals surface area contributed by atoms with Crippen molar-refractivity contribution in [2.75, 3.05) is 19.8 Å². The van der Waals surface area contributed by atoms with Gasteiger partial charge in [0.05, 0.1) is 31.3 Å². The molecule has 0 bridgehead atoms. The Morgan fingerprint density at radius 1 is 0.824 bits per heavy atom. The van der Waals surface area contributed by atoms with Crippen molar-refractivity contribution >= 4 is 15.6 Å². The zero-order valence-electron chi connectivity index (χ0n) is 20.3. The fourth-order valence-corrected chi connectivity index (χ4v) is 4.33. The van der Waals surface area contributed by atoms with E-state index in [9.17, 15) is 29.6 Å². The summed E-state index contributed by atoms with van der Waals surface area (Å²) in [6.07, 6.45) is -1.21. The Morgan fingerprint density at radius 2 is 1.15 bits per heavy atom. The summed E-state index contributed by atoms with van der Waals surface area (Å²) in [6.45, 7) is 11.1. The molecule has 1 atom stereocenters. The van der Waals surface area contributed by atoms with Crippen molar-refractivity contribution in [3.8, 4) is 0 Å². The second-order valence-electron chi connectivity index (χ2n) is 10.1. The van der Waals surface area contributed by atoms with Gasteiger partial charge in [-0.2, -0.15) is 4.31 Å². The van der Waals surface area contributed by atoms with Gasteiger partial charge in [0.25, 0.3) is 0 Å². The van der Waals surface area contributed by atoms with Crippen molar-refractivity contribution in [3.63, 3.8) is 0 Å². The van der Waals surface area contributed by atoms with E-state index >= 15 is 0 Å². The lowest BCUT2D eigenvalue weighted by Crippen LogP contribution is -2.42. The summed E-state index contributed by atoms with van der Waals surface area (Å²) in [5.74, 6) is 0. The van der Waals surface area contributed by atoms with Gasteiger partial charge in [0.15, 0.2) is 0 Å². The van der Waals surface area contributed by atoms with Gasteiger partial charge < -0.3 is 45.7 Å². The van der Waals surface area contributed by atoms with Crippen LogP contribution in [0.4, 0.5) is 0 Å². The molecule has 1 aromatic rings. The van der Waals surface area contributed by atoms with E-state index in [-0.39, 0.29) is 10.8 Å². The minimum Gasteiger partial charge on any atom is -0.395 e. The molecule has 0 fully saturated rings. The Balaban J connectivity index is 0.00000102. The third-order valence-corrected chi connectivity index (χ3v) is 6.80. The van der Waals surface area contributed by atoms with Gasteiger partial charge in [-0.1, -0.05) is 53.7 Å². The molecule has 1 aromatic carbocycles. The highest BCUT2D eigenvalue weighted by Gasteiger charge is 2.42. The summed E-state index contributed by atoms with van der Waals surface area (Å²) in [6, 6.07) is 3.95. The lowest BCUT2D eigenvalue weighted by molar-refractivity contribution is -0.0863. The van der Waals surface area contributed by atoms with Crippen LogP contribution in [0, 0.1) is 5.41 Å². The van der Waals surface area contributed by atoms with Gasteiger partial charge in [0.1, 0.15) is 0 Å². The molecular weight excluding hydrogens is 492 g/mol. The van der Waals surface area contributed by atoms with E-state index in [4.69, 9.17) is 25.3 Å². The van der Waals surface area contributed by atoms with Crippen molar-refractivity contribution in [2.45, 2.75) is 65.0 Å². The van der Waals surface area contributed by atoms with Crippen LogP contribution in [0.2, 0.25) is 0 Å². The molecule has 200 valence electrons. The molecule has 0 amide bonds. The monoisotopic (exact) mass is 531 g/mol. The normalized spacial score (nSPS) is 14.4. The third-order valence-electron chi connectivity index (χ3n) is 5.10. The number of nitrogens with two attached hydrogens (primary N) is 1. The van der Waals surface area contributed by atoms with E-state index in [1.54, 1.807) is 0 Å². The molecule has 34 heavy (non-hydrogen) atoms. The molecule has 14 heteroatoms. The summed E-state index contributed by atoms with van der Waals surface area (Å²) < 4.78 is 22.2. The summed E-state index contributed by atoms with van der Waals surface area (Å²) in [5.41, 5.74) is 7.35.